The number of hydrogen-bond acceptors (Lipinski definition) is 5. The van der Waals surface area contributed by atoms with E-state index in [9.17, 15) is 8.78 Å². The van der Waals surface area contributed by atoms with Gasteiger partial charge in [0.1, 0.15) is 35.6 Å². The molecule has 1 aromatic heterocycles. The molecule has 0 aliphatic carbocycles. The van der Waals surface area contributed by atoms with Crippen molar-refractivity contribution in [1.82, 2.24) is 14.8 Å². The summed E-state index contributed by atoms with van der Waals surface area (Å²) >= 11 is 0. The highest BCUT2D eigenvalue weighted by molar-refractivity contribution is 5.49. The van der Waals surface area contributed by atoms with Gasteiger partial charge in [-0.2, -0.15) is 5.10 Å². The first kappa shape index (κ1) is 24.7. The van der Waals surface area contributed by atoms with Crippen molar-refractivity contribution in [1.29, 1.82) is 0 Å². The fraction of sp³-hybridized carbons (Fsp3) is 0.500. The lowest BCUT2D eigenvalue weighted by Gasteiger charge is -2.29. The fourth-order valence-electron chi connectivity index (χ4n) is 5.59. The summed E-state index contributed by atoms with van der Waals surface area (Å²) < 4.78 is 42.4. The van der Waals surface area contributed by atoms with Crippen LogP contribution in [0.3, 0.4) is 0 Å². The van der Waals surface area contributed by atoms with Crippen LogP contribution in [0, 0.1) is 23.5 Å². The van der Waals surface area contributed by atoms with Gasteiger partial charge in [-0.25, -0.2) is 18.4 Å². The Morgan fingerprint density at radius 3 is 2.69 bits per heavy atom. The third kappa shape index (κ3) is 5.53. The molecule has 3 unspecified atom stereocenters. The summed E-state index contributed by atoms with van der Waals surface area (Å²) in [6.45, 7) is 5.64. The molecule has 0 spiro atoms. The van der Waals surface area contributed by atoms with Crippen molar-refractivity contribution in [3.63, 3.8) is 0 Å². The normalized spacial score (nSPS) is 24.6. The van der Waals surface area contributed by atoms with Crippen LogP contribution in [-0.2, 0) is 16.9 Å². The van der Waals surface area contributed by atoms with Crippen LogP contribution >= 0.6 is 0 Å². The number of nitrogens with zero attached hydrogens (tertiary/aromatic N) is 4. The van der Waals surface area contributed by atoms with Gasteiger partial charge in [0.15, 0.2) is 0 Å². The number of anilines is 1. The van der Waals surface area contributed by atoms with Gasteiger partial charge >= 0.3 is 0 Å². The Kier molecular flexibility index (Phi) is 7.51. The minimum absolute atomic E-state index is 0.0502. The smallest absolute Gasteiger partial charge is 0.137 e. The summed E-state index contributed by atoms with van der Waals surface area (Å²) in [5.41, 5.74) is 0.600. The van der Waals surface area contributed by atoms with Gasteiger partial charge in [-0.05, 0) is 61.9 Å². The molecule has 0 bridgehead atoms. The van der Waals surface area contributed by atoms with E-state index < -0.39 is 17.2 Å². The third-order valence-corrected chi connectivity index (χ3v) is 7.63. The molecule has 3 heterocycles. The molecular weight excluding hydrogens is 462 g/mol. The molecule has 192 valence electrons. The molecule has 0 saturated carbocycles. The molecular formula is C28H34F2N4O2. The predicted molar refractivity (Wildman–Crippen MR) is 134 cm³/mol. The summed E-state index contributed by atoms with van der Waals surface area (Å²) in [7, 11) is 0. The molecule has 3 aromatic rings. The first-order valence-corrected chi connectivity index (χ1v) is 12.9. The molecule has 2 aliphatic heterocycles. The first-order chi connectivity index (χ1) is 17.5. The molecule has 2 saturated heterocycles. The summed E-state index contributed by atoms with van der Waals surface area (Å²) in [6.07, 6.45) is 8.61. The van der Waals surface area contributed by atoms with E-state index in [2.05, 4.69) is 34.0 Å². The van der Waals surface area contributed by atoms with Gasteiger partial charge in [0, 0.05) is 36.3 Å². The molecule has 2 fully saturated rings. The number of halogens is 2. The van der Waals surface area contributed by atoms with Crippen LogP contribution in [-0.4, -0.2) is 41.1 Å². The van der Waals surface area contributed by atoms with Gasteiger partial charge < -0.3 is 14.4 Å². The minimum atomic E-state index is -0.966. The summed E-state index contributed by atoms with van der Waals surface area (Å²) in [5, 5.41) is 4.17. The number of benzene rings is 2. The first-order valence-electron chi connectivity index (χ1n) is 12.9. The average Bonchev–Trinajstić information content (AvgIpc) is 3.47. The van der Waals surface area contributed by atoms with Crippen LogP contribution in [0.5, 0.6) is 5.75 Å². The maximum atomic E-state index is 14.8. The van der Waals surface area contributed by atoms with Gasteiger partial charge in [-0.1, -0.05) is 19.4 Å². The van der Waals surface area contributed by atoms with Crippen molar-refractivity contribution in [2.24, 2.45) is 11.8 Å². The van der Waals surface area contributed by atoms with Crippen molar-refractivity contribution < 1.29 is 18.3 Å². The fourth-order valence-corrected chi connectivity index (χ4v) is 5.59. The molecule has 0 amide bonds. The maximum Gasteiger partial charge on any atom is 0.137 e. The van der Waals surface area contributed by atoms with Crippen molar-refractivity contribution in [2.45, 2.75) is 51.2 Å². The van der Waals surface area contributed by atoms with E-state index in [1.165, 1.54) is 49.8 Å². The second kappa shape index (κ2) is 10.9. The lowest BCUT2D eigenvalue weighted by Crippen LogP contribution is -2.32. The van der Waals surface area contributed by atoms with E-state index in [1.54, 1.807) is 11.0 Å². The molecule has 3 atom stereocenters. The van der Waals surface area contributed by atoms with E-state index in [1.807, 2.05) is 12.1 Å². The van der Waals surface area contributed by atoms with Crippen LogP contribution in [0.25, 0.3) is 0 Å². The van der Waals surface area contributed by atoms with Gasteiger partial charge in [0.05, 0.1) is 19.8 Å². The van der Waals surface area contributed by atoms with Crippen LogP contribution in [0.1, 0.15) is 44.6 Å². The molecule has 0 radical (unpaired) electrons. The van der Waals surface area contributed by atoms with E-state index in [0.29, 0.717) is 25.2 Å². The van der Waals surface area contributed by atoms with Crippen LogP contribution in [0.2, 0.25) is 0 Å². The Morgan fingerprint density at radius 1 is 1.08 bits per heavy atom. The topological polar surface area (TPSA) is 52.4 Å². The van der Waals surface area contributed by atoms with Crippen LogP contribution in [0.15, 0.2) is 55.1 Å². The van der Waals surface area contributed by atoms with Gasteiger partial charge in [-0.3, -0.25) is 0 Å². The highest BCUT2D eigenvalue weighted by atomic mass is 19.1. The standard InChI is InChI=1S/C28H34F2N4O2/c1-2-21-4-3-12-33(13-11-21)24-6-8-25(9-7-24)35-16-22-15-28(36-17-22,18-34-20-31-19-32-34)26-10-5-23(29)14-27(26)30/h5-10,14,19-22H,2-4,11-13,15-18H2,1H3. The third-order valence-electron chi connectivity index (χ3n) is 7.63. The Hall–Kier alpha value is -3.00. The lowest BCUT2D eigenvalue weighted by molar-refractivity contribution is -0.0206. The highest BCUT2D eigenvalue weighted by Crippen LogP contribution is 2.42. The summed E-state index contributed by atoms with van der Waals surface area (Å²) in [6, 6.07) is 12.0. The molecule has 8 heteroatoms. The van der Waals surface area contributed by atoms with Crippen molar-refractivity contribution >= 4 is 5.69 Å². The molecule has 2 aromatic carbocycles. The van der Waals surface area contributed by atoms with Gasteiger partial charge in [0.2, 0.25) is 0 Å². The zero-order chi connectivity index (χ0) is 25.0. The number of aromatic nitrogens is 3. The maximum absolute atomic E-state index is 14.8. The van der Waals surface area contributed by atoms with Crippen molar-refractivity contribution in [2.75, 3.05) is 31.2 Å². The van der Waals surface area contributed by atoms with Crippen molar-refractivity contribution in [3.8, 4) is 5.75 Å². The SMILES string of the molecule is CCC1CCCN(c2ccc(OCC3COC(Cn4cncn4)(c4ccc(F)cc4F)C3)cc2)CC1. The van der Waals surface area contributed by atoms with E-state index >= 15 is 0 Å². The zero-order valence-corrected chi connectivity index (χ0v) is 20.8. The second-order valence-corrected chi connectivity index (χ2v) is 10.1. The number of ether oxygens (including phenoxy) is 2. The van der Waals surface area contributed by atoms with Crippen LogP contribution < -0.4 is 9.64 Å². The average molecular weight is 497 g/mol. The van der Waals surface area contributed by atoms with Gasteiger partial charge in [-0.15, -0.1) is 0 Å². The Bertz CT molecular complexity index is 1130. The Labute approximate surface area is 211 Å². The number of rotatable bonds is 8. The Morgan fingerprint density at radius 2 is 1.94 bits per heavy atom. The summed E-state index contributed by atoms with van der Waals surface area (Å²) in [4.78, 5) is 6.46. The minimum Gasteiger partial charge on any atom is -0.493 e. The second-order valence-electron chi connectivity index (χ2n) is 10.1. The van der Waals surface area contributed by atoms with Gasteiger partial charge in [0.25, 0.3) is 0 Å². The van der Waals surface area contributed by atoms with E-state index in [0.717, 1.165) is 30.8 Å². The van der Waals surface area contributed by atoms with E-state index in [-0.39, 0.29) is 12.5 Å². The van der Waals surface area contributed by atoms with E-state index in [4.69, 9.17) is 9.47 Å². The molecule has 0 N–H and O–H groups in total. The Balaban J connectivity index is 1.23. The lowest BCUT2D eigenvalue weighted by atomic mass is 9.87. The monoisotopic (exact) mass is 496 g/mol. The zero-order valence-electron chi connectivity index (χ0n) is 20.8. The molecule has 6 nitrogen and oxygen atoms in total. The molecule has 36 heavy (non-hydrogen) atoms. The highest BCUT2D eigenvalue weighted by Gasteiger charge is 2.44. The summed E-state index contributed by atoms with van der Waals surface area (Å²) in [5.74, 6) is 0.465. The largest absolute Gasteiger partial charge is 0.493 e. The number of hydrogen-bond donors (Lipinski definition) is 0. The predicted octanol–water partition coefficient (Wildman–Crippen LogP) is 5.58. The molecule has 2 aliphatic rings. The molecule has 5 rings (SSSR count). The quantitative estimate of drug-likeness (QED) is 0.407. The van der Waals surface area contributed by atoms with Crippen LogP contribution in [0.4, 0.5) is 14.5 Å². The van der Waals surface area contributed by atoms with Crippen molar-refractivity contribution in [3.05, 3.63) is 72.3 Å².